The topological polar surface area (TPSA) is 41.5 Å². The van der Waals surface area contributed by atoms with E-state index < -0.39 is 0 Å². The number of hydrogen-bond donors (Lipinski definition) is 2. The lowest BCUT2D eigenvalue weighted by Crippen LogP contribution is -2.33. The van der Waals surface area contributed by atoms with Gasteiger partial charge in [-0.05, 0) is 13.5 Å². The highest BCUT2D eigenvalue weighted by Gasteiger charge is 2.02. The molecule has 2 N–H and O–H groups in total. The van der Waals surface area contributed by atoms with E-state index in [-0.39, 0.29) is 12.6 Å². The number of rotatable bonds is 8. The summed E-state index contributed by atoms with van der Waals surface area (Å²) in [6, 6.07) is 0.0895. The van der Waals surface area contributed by atoms with Gasteiger partial charge in [0.05, 0.1) is 19.3 Å². The van der Waals surface area contributed by atoms with Gasteiger partial charge in [-0.2, -0.15) is 0 Å². The Balaban J connectivity index is 3.06. The first-order chi connectivity index (χ1) is 5.85. The number of nitrogens with one attached hydrogen (secondary N) is 1. The van der Waals surface area contributed by atoms with Crippen LogP contribution in [0, 0.1) is 0 Å². The Morgan fingerprint density at radius 1 is 1.42 bits per heavy atom. The zero-order valence-electron chi connectivity index (χ0n) is 8.18. The third-order valence-electron chi connectivity index (χ3n) is 1.84. The third-order valence-corrected chi connectivity index (χ3v) is 1.84. The van der Waals surface area contributed by atoms with Crippen LogP contribution in [0.1, 0.15) is 26.2 Å². The molecule has 74 valence electrons. The second kappa shape index (κ2) is 8.97. The fourth-order valence-corrected chi connectivity index (χ4v) is 0.907. The van der Waals surface area contributed by atoms with Crippen LogP contribution in [0.2, 0.25) is 0 Å². The molecule has 0 saturated heterocycles. The third kappa shape index (κ3) is 6.58. The van der Waals surface area contributed by atoms with Crippen molar-refractivity contribution in [2.75, 3.05) is 26.9 Å². The molecule has 12 heavy (non-hydrogen) atoms. The van der Waals surface area contributed by atoms with Gasteiger partial charge in [0.15, 0.2) is 0 Å². The van der Waals surface area contributed by atoms with E-state index in [2.05, 4.69) is 12.2 Å². The molecule has 0 spiro atoms. The monoisotopic (exact) mass is 175 g/mol. The maximum atomic E-state index is 8.79. The minimum Gasteiger partial charge on any atom is -0.395 e. The van der Waals surface area contributed by atoms with Crippen LogP contribution in [0.3, 0.4) is 0 Å². The number of hydrogen-bond acceptors (Lipinski definition) is 3. The van der Waals surface area contributed by atoms with Crippen molar-refractivity contribution in [1.29, 1.82) is 0 Å². The van der Waals surface area contributed by atoms with E-state index in [9.17, 15) is 0 Å². The number of likely N-dealkylation sites (N-methyl/N-ethyl adjacent to an activating group) is 1. The second-order valence-electron chi connectivity index (χ2n) is 2.95. The minimum atomic E-state index is 0.0895. The van der Waals surface area contributed by atoms with Gasteiger partial charge in [-0.1, -0.05) is 19.8 Å². The highest BCUT2D eigenvalue weighted by molar-refractivity contribution is 4.59. The predicted molar refractivity (Wildman–Crippen MR) is 50.3 cm³/mol. The van der Waals surface area contributed by atoms with Gasteiger partial charge in [-0.15, -0.1) is 0 Å². The van der Waals surface area contributed by atoms with Crippen molar-refractivity contribution in [3.8, 4) is 0 Å². The Morgan fingerprint density at radius 2 is 2.17 bits per heavy atom. The lowest BCUT2D eigenvalue weighted by atomic mass is 10.3. The fourth-order valence-electron chi connectivity index (χ4n) is 0.907. The normalized spacial score (nSPS) is 13.2. The first-order valence-electron chi connectivity index (χ1n) is 4.71. The van der Waals surface area contributed by atoms with Gasteiger partial charge in [0.2, 0.25) is 0 Å². The molecule has 0 aliphatic carbocycles. The highest BCUT2D eigenvalue weighted by Crippen LogP contribution is 1.94. The Morgan fingerprint density at radius 3 is 2.67 bits per heavy atom. The van der Waals surface area contributed by atoms with Gasteiger partial charge < -0.3 is 15.2 Å². The lowest BCUT2D eigenvalue weighted by Gasteiger charge is -2.12. The molecule has 0 aromatic heterocycles. The first-order valence-corrected chi connectivity index (χ1v) is 4.71. The van der Waals surface area contributed by atoms with Gasteiger partial charge in [0, 0.05) is 6.61 Å². The first kappa shape index (κ1) is 11.9. The maximum Gasteiger partial charge on any atom is 0.0641 e. The molecular formula is C9H21NO2. The van der Waals surface area contributed by atoms with E-state index in [1.165, 1.54) is 12.8 Å². The number of aliphatic hydroxyl groups excluding tert-OH is 1. The second-order valence-corrected chi connectivity index (χ2v) is 2.95. The van der Waals surface area contributed by atoms with E-state index in [1.807, 2.05) is 7.05 Å². The van der Waals surface area contributed by atoms with E-state index in [0.717, 1.165) is 13.0 Å². The molecular weight excluding hydrogens is 154 g/mol. The van der Waals surface area contributed by atoms with Crippen molar-refractivity contribution in [1.82, 2.24) is 5.32 Å². The molecule has 0 aromatic carbocycles. The summed E-state index contributed by atoms with van der Waals surface area (Å²) < 4.78 is 5.36. The predicted octanol–water partition coefficient (Wildman–Crippen LogP) is 0.773. The maximum absolute atomic E-state index is 8.79. The van der Waals surface area contributed by atoms with Crippen molar-refractivity contribution in [2.45, 2.75) is 32.2 Å². The van der Waals surface area contributed by atoms with Crippen molar-refractivity contribution in [3.63, 3.8) is 0 Å². The van der Waals surface area contributed by atoms with Crippen molar-refractivity contribution < 1.29 is 9.84 Å². The average molecular weight is 175 g/mol. The molecule has 0 radical (unpaired) electrons. The molecule has 1 atom stereocenters. The quantitative estimate of drug-likeness (QED) is 0.535. The summed E-state index contributed by atoms with van der Waals surface area (Å²) in [5.41, 5.74) is 0. The molecule has 0 bridgehead atoms. The summed E-state index contributed by atoms with van der Waals surface area (Å²) in [6.07, 6.45) is 3.57. The number of ether oxygens (including phenoxy) is 1. The molecule has 0 aromatic rings. The van der Waals surface area contributed by atoms with Crippen LogP contribution in [0.15, 0.2) is 0 Å². The van der Waals surface area contributed by atoms with Crippen LogP contribution in [0.25, 0.3) is 0 Å². The molecule has 0 fully saturated rings. The van der Waals surface area contributed by atoms with Crippen molar-refractivity contribution >= 4 is 0 Å². The molecule has 0 aliphatic heterocycles. The van der Waals surface area contributed by atoms with E-state index in [0.29, 0.717) is 6.61 Å². The Labute approximate surface area is 75.1 Å². The standard InChI is InChI=1S/C9H21NO2/c1-3-4-5-6-12-8-9(7-11)10-2/h9-11H,3-8H2,1-2H3. The summed E-state index contributed by atoms with van der Waals surface area (Å²) >= 11 is 0. The van der Waals surface area contributed by atoms with Gasteiger partial charge in [0.1, 0.15) is 0 Å². The molecule has 0 aliphatic rings. The van der Waals surface area contributed by atoms with Crippen molar-refractivity contribution in [2.24, 2.45) is 0 Å². The van der Waals surface area contributed by atoms with Gasteiger partial charge >= 0.3 is 0 Å². The van der Waals surface area contributed by atoms with Crippen molar-refractivity contribution in [3.05, 3.63) is 0 Å². The Bertz CT molecular complexity index is 84.6. The average Bonchev–Trinajstić information content (AvgIpc) is 2.11. The Kier molecular flexibility index (Phi) is 8.88. The molecule has 1 unspecified atom stereocenters. The largest absolute Gasteiger partial charge is 0.395 e. The van der Waals surface area contributed by atoms with E-state index in [4.69, 9.17) is 9.84 Å². The van der Waals surface area contributed by atoms with Crippen LogP contribution in [0.5, 0.6) is 0 Å². The van der Waals surface area contributed by atoms with Crippen LogP contribution in [-0.4, -0.2) is 38.0 Å². The van der Waals surface area contributed by atoms with Crippen LogP contribution in [0.4, 0.5) is 0 Å². The van der Waals surface area contributed by atoms with E-state index in [1.54, 1.807) is 0 Å². The summed E-state index contributed by atoms with van der Waals surface area (Å²) in [6.45, 7) is 3.73. The zero-order valence-corrected chi connectivity index (χ0v) is 8.18. The summed E-state index contributed by atoms with van der Waals surface area (Å²) in [7, 11) is 1.83. The number of aliphatic hydroxyl groups is 1. The molecule has 0 heterocycles. The smallest absolute Gasteiger partial charge is 0.0641 e. The fraction of sp³-hybridized carbons (Fsp3) is 1.00. The van der Waals surface area contributed by atoms with Crippen LogP contribution < -0.4 is 5.32 Å². The summed E-state index contributed by atoms with van der Waals surface area (Å²) in [4.78, 5) is 0. The Hall–Kier alpha value is -0.120. The van der Waals surface area contributed by atoms with E-state index >= 15 is 0 Å². The van der Waals surface area contributed by atoms with Crippen LogP contribution in [-0.2, 0) is 4.74 Å². The van der Waals surface area contributed by atoms with Crippen LogP contribution >= 0.6 is 0 Å². The number of unbranched alkanes of at least 4 members (excludes halogenated alkanes) is 2. The van der Waals surface area contributed by atoms with Gasteiger partial charge in [0.25, 0.3) is 0 Å². The molecule has 0 rings (SSSR count). The molecule has 3 heteroatoms. The highest BCUT2D eigenvalue weighted by atomic mass is 16.5. The summed E-state index contributed by atoms with van der Waals surface area (Å²) in [5.74, 6) is 0. The van der Waals surface area contributed by atoms with Gasteiger partial charge in [-0.25, -0.2) is 0 Å². The lowest BCUT2D eigenvalue weighted by molar-refractivity contribution is 0.0889. The molecule has 3 nitrogen and oxygen atoms in total. The molecule has 0 saturated carbocycles. The zero-order chi connectivity index (χ0) is 9.23. The SMILES string of the molecule is CCCCCOCC(CO)NC. The summed E-state index contributed by atoms with van der Waals surface area (Å²) in [5, 5.41) is 11.8. The van der Waals surface area contributed by atoms with Gasteiger partial charge in [-0.3, -0.25) is 0 Å². The minimum absolute atomic E-state index is 0.0895. The molecule has 0 amide bonds.